The summed E-state index contributed by atoms with van der Waals surface area (Å²) >= 11 is 0. The summed E-state index contributed by atoms with van der Waals surface area (Å²) in [5.41, 5.74) is 0. The van der Waals surface area contributed by atoms with Gasteiger partial charge in [-0.2, -0.15) is 0 Å². The zero-order valence-electron chi connectivity index (χ0n) is 5.40. The van der Waals surface area contributed by atoms with Crippen molar-refractivity contribution in [3.63, 3.8) is 0 Å². The summed E-state index contributed by atoms with van der Waals surface area (Å²) in [5.74, 6) is 0. The summed E-state index contributed by atoms with van der Waals surface area (Å²) < 4.78 is 39.7. The van der Waals surface area contributed by atoms with Gasteiger partial charge in [0.1, 0.15) is 13.3 Å². The van der Waals surface area contributed by atoms with E-state index in [-0.39, 0.29) is 0 Å². The van der Waals surface area contributed by atoms with E-state index < -0.39 is 25.6 Å². The molecule has 0 amide bonds. The molecule has 0 saturated heterocycles. The van der Waals surface area contributed by atoms with Gasteiger partial charge < -0.3 is 4.74 Å². The molecule has 0 aliphatic heterocycles. The second-order valence-electron chi connectivity index (χ2n) is 1.67. The minimum Gasteiger partial charge on any atom is -0.493 e. The Morgan fingerprint density at radius 2 is 2.00 bits per heavy atom. The second-order valence-corrected chi connectivity index (χ2v) is 1.67. The molecule has 0 spiro atoms. The fraction of sp³-hybridized carbons (Fsp3) is 0.667. The maximum Gasteiger partial charge on any atom is 0.167 e. The van der Waals surface area contributed by atoms with Crippen molar-refractivity contribution >= 4 is 0 Å². The molecular weight excluding hydrogens is 145 g/mol. The van der Waals surface area contributed by atoms with E-state index in [0.717, 1.165) is 6.26 Å². The molecule has 0 aliphatic rings. The fourth-order valence-electron chi connectivity index (χ4n) is 0.441. The molecule has 0 heterocycles. The number of hydrogen-bond acceptors (Lipinski definition) is 1. The standard InChI is InChI=1S/C6H9F3O/c1-2-10-6(4-8)5(9)3-7/h2,5-6H,1,3-4H2. The minimum absolute atomic E-state index is 0.895. The molecule has 0 fully saturated rings. The van der Waals surface area contributed by atoms with E-state index in [4.69, 9.17) is 0 Å². The van der Waals surface area contributed by atoms with Crippen LogP contribution in [0.15, 0.2) is 12.8 Å². The van der Waals surface area contributed by atoms with Crippen LogP contribution in [0.5, 0.6) is 0 Å². The van der Waals surface area contributed by atoms with Crippen molar-refractivity contribution in [3.05, 3.63) is 12.8 Å². The lowest BCUT2D eigenvalue weighted by atomic mass is 10.2. The van der Waals surface area contributed by atoms with Crippen LogP contribution < -0.4 is 0 Å². The van der Waals surface area contributed by atoms with Crippen molar-refractivity contribution in [3.8, 4) is 0 Å². The maximum absolute atomic E-state index is 12.2. The highest BCUT2D eigenvalue weighted by Gasteiger charge is 2.20. The molecule has 60 valence electrons. The molecule has 0 N–H and O–H groups in total. The molecule has 4 heteroatoms. The molecule has 0 aliphatic carbocycles. The number of halogens is 3. The van der Waals surface area contributed by atoms with Crippen molar-refractivity contribution in [2.45, 2.75) is 12.3 Å². The van der Waals surface area contributed by atoms with Crippen LogP contribution in [0.3, 0.4) is 0 Å². The summed E-state index contributed by atoms with van der Waals surface area (Å²) in [4.78, 5) is 0. The first-order chi connectivity index (χ1) is 4.76. The molecule has 2 unspecified atom stereocenters. The van der Waals surface area contributed by atoms with Crippen LogP contribution in [0.2, 0.25) is 0 Å². The topological polar surface area (TPSA) is 9.23 Å². The third-order valence-electron chi connectivity index (χ3n) is 0.974. The van der Waals surface area contributed by atoms with E-state index in [9.17, 15) is 13.2 Å². The number of ether oxygens (including phenoxy) is 1. The molecule has 2 atom stereocenters. The van der Waals surface area contributed by atoms with Gasteiger partial charge in [-0.3, -0.25) is 0 Å². The summed E-state index contributed by atoms with van der Waals surface area (Å²) in [6.07, 6.45) is -2.35. The second kappa shape index (κ2) is 5.14. The quantitative estimate of drug-likeness (QED) is 0.548. The summed E-state index contributed by atoms with van der Waals surface area (Å²) in [6, 6.07) is 0. The van der Waals surface area contributed by atoms with Gasteiger partial charge in [0.25, 0.3) is 0 Å². The normalized spacial score (nSPS) is 15.9. The molecule has 10 heavy (non-hydrogen) atoms. The average molecular weight is 154 g/mol. The first-order valence-electron chi connectivity index (χ1n) is 2.78. The van der Waals surface area contributed by atoms with Gasteiger partial charge in [0.15, 0.2) is 12.3 Å². The molecule has 0 bridgehead atoms. The minimum atomic E-state index is -1.90. The van der Waals surface area contributed by atoms with E-state index in [0.29, 0.717) is 0 Å². The summed E-state index contributed by atoms with van der Waals surface area (Å²) in [5, 5.41) is 0. The van der Waals surface area contributed by atoms with E-state index in [2.05, 4.69) is 11.3 Å². The monoisotopic (exact) mass is 154 g/mol. The van der Waals surface area contributed by atoms with Crippen LogP contribution >= 0.6 is 0 Å². The van der Waals surface area contributed by atoms with Gasteiger partial charge in [0.2, 0.25) is 0 Å². The molecule has 0 saturated carbocycles. The molecule has 0 radical (unpaired) electrons. The van der Waals surface area contributed by atoms with Gasteiger partial charge in [-0.1, -0.05) is 6.58 Å². The first kappa shape index (κ1) is 9.33. The highest BCUT2D eigenvalue weighted by Crippen LogP contribution is 2.05. The smallest absolute Gasteiger partial charge is 0.167 e. The predicted octanol–water partition coefficient (Wildman–Crippen LogP) is 1.79. The van der Waals surface area contributed by atoms with E-state index in [1.807, 2.05) is 0 Å². The Morgan fingerprint density at radius 1 is 1.40 bits per heavy atom. The van der Waals surface area contributed by atoms with E-state index in [1.54, 1.807) is 0 Å². The van der Waals surface area contributed by atoms with Crippen molar-refractivity contribution in [1.29, 1.82) is 0 Å². The molecule has 0 aromatic heterocycles. The average Bonchev–Trinajstić information content (AvgIpc) is 1.99. The van der Waals surface area contributed by atoms with Crippen LogP contribution in [0.4, 0.5) is 13.2 Å². The van der Waals surface area contributed by atoms with Gasteiger partial charge in [0, 0.05) is 0 Å². The van der Waals surface area contributed by atoms with Crippen molar-refractivity contribution < 1.29 is 17.9 Å². The summed E-state index contributed by atoms with van der Waals surface area (Å²) in [6.45, 7) is 0.809. The lowest BCUT2D eigenvalue weighted by Crippen LogP contribution is -2.27. The lowest BCUT2D eigenvalue weighted by Gasteiger charge is -2.13. The zero-order valence-corrected chi connectivity index (χ0v) is 5.40. The Balaban J connectivity index is 3.67. The Bertz CT molecular complexity index is 97.0. The molecule has 0 rings (SSSR count). The van der Waals surface area contributed by atoms with Gasteiger partial charge in [-0.15, -0.1) is 0 Å². The van der Waals surface area contributed by atoms with Crippen LogP contribution in [0.1, 0.15) is 0 Å². The first-order valence-corrected chi connectivity index (χ1v) is 2.78. The molecule has 0 aromatic carbocycles. The summed E-state index contributed by atoms with van der Waals surface area (Å²) in [7, 11) is 0. The third-order valence-corrected chi connectivity index (χ3v) is 0.974. The number of hydrogen-bond donors (Lipinski definition) is 0. The van der Waals surface area contributed by atoms with E-state index >= 15 is 0 Å². The third kappa shape index (κ3) is 2.75. The zero-order chi connectivity index (χ0) is 7.98. The van der Waals surface area contributed by atoms with Crippen LogP contribution in [0.25, 0.3) is 0 Å². The Hall–Kier alpha value is -0.670. The van der Waals surface area contributed by atoms with Crippen molar-refractivity contribution in [2.24, 2.45) is 0 Å². The largest absolute Gasteiger partial charge is 0.493 e. The number of alkyl halides is 3. The highest BCUT2D eigenvalue weighted by atomic mass is 19.2. The van der Waals surface area contributed by atoms with Crippen molar-refractivity contribution in [1.82, 2.24) is 0 Å². The molecule has 1 nitrogen and oxygen atoms in total. The molecular formula is C6H9F3O. The van der Waals surface area contributed by atoms with Gasteiger partial charge in [-0.25, -0.2) is 13.2 Å². The Morgan fingerprint density at radius 3 is 2.30 bits per heavy atom. The number of rotatable bonds is 5. The van der Waals surface area contributed by atoms with Gasteiger partial charge in [-0.05, 0) is 0 Å². The highest BCUT2D eigenvalue weighted by molar-refractivity contribution is 4.70. The maximum atomic E-state index is 12.2. The Labute approximate surface area is 57.5 Å². The van der Waals surface area contributed by atoms with Gasteiger partial charge in [0.05, 0.1) is 6.26 Å². The van der Waals surface area contributed by atoms with Crippen molar-refractivity contribution in [2.75, 3.05) is 13.3 Å². The SMILES string of the molecule is C=COC(CF)C(F)CF. The fourth-order valence-corrected chi connectivity index (χ4v) is 0.441. The van der Waals surface area contributed by atoms with E-state index in [1.165, 1.54) is 0 Å². The van der Waals surface area contributed by atoms with Gasteiger partial charge >= 0.3 is 0 Å². The van der Waals surface area contributed by atoms with Crippen LogP contribution in [0, 0.1) is 0 Å². The lowest BCUT2D eigenvalue weighted by molar-refractivity contribution is 0.0305. The Kier molecular flexibility index (Phi) is 4.80. The molecule has 0 aromatic rings. The van der Waals surface area contributed by atoms with Crippen LogP contribution in [-0.4, -0.2) is 25.6 Å². The van der Waals surface area contributed by atoms with Crippen LogP contribution in [-0.2, 0) is 4.74 Å². The predicted molar refractivity (Wildman–Crippen MR) is 31.9 cm³/mol.